The standard InChI is InChI=1S/C13H22N2O/c1-3-10(2)15-7-6-12(14-15)9-13(16)8-11-4-5-11/h6-7,10-11,13,16H,3-5,8-9H2,1-2H3. The van der Waals surface area contributed by atoms with Gasteiger partial charge in [0.1, 0.15) is 0 Å². The van der Waals surface area contributed by atoms with Gasteiger partial charge in [-0.3, -0.25) is 4.68 Å². The van der Waals surface area contributed by atoms with Crippen molar-refractivity contribution in [2.24, 2.45) is 5.92 Å². The predicted molar refractivity (Wildman–Crippen MR) is 64.3 cm³/mol. The average Bonchev–Trinajstić information content (AvgIpc) is 2.94. The third kappa shape index (κ3) is 3.08. The summed E-state index contributed by atoms with van der Waals surface area (Å²) in [6, 6.07) is 2.48. The number of hydrogen-bond donors (Lipinski definition) is 1. The molecule has 0 spiro atoms. The van der Waals surface area contributed by atoms with Gasteiger partial charge in [-0.2, -0.15) is 5.10 Å². The van der Waals surface area contributed by atoms with Crippen LogP contribution in [0.1, 0.15) is 51.3 Å². The van der Waals surface area contributed by atoms with Gasteiger partial charge in [0.15, 0.2) is 0 Å². The smallest absolute Gasteiger partial charge is 0.0650 e. The highest BCUT2D eigenvalue weighted by Crippen LogP contribution is 2.33. The molecule has 1 aromatic heterocycles. The first-order chi connectivity index (χ1) is 7.69. The SMILES string of the molecule is CCC(C)n1ccc(CC(O)CC2CC2)n1. The molecule has 1 aliphatic carbocycles. The van der Waals surface area contributed by atoms with Crippen LogP contribution >= 0.6 is 0 Å². The van der Waals surface area contributed by atoms with Crippen LogP contribution in [0.15, 0.2) is 12.3 Å². The predicted octanol–water partition coefficient (Wildman–Crippen LogP) is 2.56. The topological polar surface area (TPSA) is 38.0 Å². The van der Waals surface area contributed by atoms with Crippen LogP contribution in [0.3, 0.4) is 0 Å². The molecular formula is C13H22N2O. The van der Waals surface area contributed by atoms with Crippen molar-refractivity contribution in [3.05, 3.63) is 18.0 Å². The molecule has 2 atom stereocenters. The van der Waals surface area contributed by atoms with Gasteiger partial charge < -0.3 is 5.11 Å². The first-order valence-corrected chi connectivity index (χ1v) is 6.41. The molecule has 0 saturated heterocycles. The van der Waals surface area contributed by atoms with E-state index in [2.05, 4.69) is 18.9 Å². The van der Waals surface area contributed by atoms with E-state index in [0.717, 1.165) is 24.5 Å². The van der Waals surface area contributed by atoms with Crippen LogP contribution in [-0.2, 0) is 6.42 Å². The van der Waals surface area contributed by atoms with E-state index in [1.54, 1.807) is 0 Å². The van der Waals surface area contributed by atoms with E-state index in [9.17, 15) is 5.11 Å². The number of aliphatic hydroxyl groups is 1. The Morgan fingerprint density at radius 3 is 2.94 bits per heavy atom. The van der Waals surface area contributed by atoms with Gasteiger partial charge in [-0.25, -0.2) is 0 Å². The Hall–Kier alpha value is -0.830. The summed E-state index contributed by atoms with van der Waals surface area (Å²) in [4.78, 5) is 0. The Labute approximate surface area is 97.5 Å². The second kappa shape index (κ2) is 5.00. The molecule has 2 rings (SSSR count). The van der Waals surface area contributed by atoms with E-state index in [0.29, 0.717) is 12.5 Å². The van der Waals surface area contributed by atoms with E-state index in [1.165, 1.54) is 12.8 Å². The van der Waals surface area contributed by atoms with Crippen molar-refractivity contribution in [2.45, 2.75) is 58.1 Å². The van der Waals surface area contributed by atoms with Crippen LogP contribution in [0.4, 0.5) is 0 Å². The summed E-state index contributed by atoms with van der Waals surface area (Å²) in [7, 11) is 0. The monoisotopic (exact) mass is 222 g/mol. The van der Waals surface area contributed by atoms with E-state index < -0.39 is 0 Å². The fourth-order valence-electron chi connectivity index (χ4n) is 1.98. The average molecular weight is 222 g/mol. The zero-order valence-corrected chi connectivity index (χ0v) is 10.3. The molecule has 1 saturated carbocycles. The van der Waals surface area contributed by atoms with Gasteiger partial charge in [-0.05, 0) is 31.7 Å². The minimum absolute atomic E-state index is 0.201. The maximum atomic E-state index is 9.87. The third-order valence-electron chi connectivity index (χ3n) is 3.45. The van der Waals surface area contributed by atoms with Crippen LogP contribution in [0.25, 0.3) is 0 Å². The lowest BCUT2D eigenvalue weighted by Gasteiger charge is -2.09. The first-order valence-electron chi connectivity index (χ1n) is 6.41. The molecule has 1 aromatic rings. The Morgan fingerprint density at radius 1 is 1.56 bits per heavy atom. The van der Waals surface area contributed by atoms with Crippen LogP contribution in [-0.4, -0.2) is 21.0 Å². The normalized spacial score (nSPS) is 19.7. The molecule has 1 heterocycles. The van der Waals surface area contributed by atoms with Gasteiger partial charge in [0, 0.05) is 18.7 Å². The molecule has 0 aromatic carbocycles. The summed E-state index contributed by atoms with van der Waals surface area (Å²) >= 11 is 0. The van der Waals surface area contributed by atoms with Crippen molar-refractivity contribution < 1.29 is 5.11 Å². The van der Waals surface area contributed by atoms with Gasteiger partial charge in [0.2, 0.25) is 0 Å². The Balaban J connectivity index is 1.85. The molecule has 0 amide bonds. The lowest BCUT2D eigenvalue weighted by molar-refractivity contribution is 0.156. The quantitative estimate of drug-likeness (QED) is 0.803. The number of rotatable bonds is 6. The fourth-order valence-corrected chi connectivity index (χ4v) is 1.98. The maximum Gasteiger partial charge on any atom is 0.0650 e. The van der Waals surface area contributed by atoms with Gasteiger partial charge in [0.05, 0.1) is 11.8 Å². The summed E-state index contributed by atoms with van der Waals surface area (Å²) in [6.07, 6.45) is 7.18. The van der Waals surface area contributed by atoms with E-state index in [1.807, 2.05) is 16.9 Å². The number of aromatic nitrogens is 2. The molecule has 1 N–H and O–H groups in total. The lowest BCUT2D eigenvalue weighted by Crippen LogP contribution is -2.12. The molecule has 0 aliphatic heterocycles. The van der Waals surface area contributed by atoms with Gasteiger partial charge in [0.25, 0.3) is 0 Å². The van der Waals surface area contributed by atoms with Crippen LogP contribution in [0.5, 0.6) is 0 Å². The molecule has 16 heavy (non-hydrogen) atoms. The minimum atomic E-state index is -0.201. The maximum absolute atomic E-state index is 9.87. The Kier molecular flexibility index (Phi) is 3.64. The molecule has 2 unspecified atom stereocenters. The molecule has 90 valence electrons. The molecule has 3 nitrogen and oxygen atoms in total. The highest BCUT2D eigenvalue weighted by Gasteiger charge is 2.24. The van der Waals surface area contributed by atoms with Gasteiger partial charge >= 0.3 is 0 Å². The van der Waals surface area contributed by atoms with Gasteiger partial charge in [-0.1, -0.05) is 19.8 Å². The van der Waals surface area contributed by atoms with E-state index in [4.69, 9.17) is 0 Å². The molecule has 1 aliphatic rings. The summed E-state index contributed by atoms with van der Waals surface area (Å²) < 4.78 is 2.00. The largest absolute Gasteiger partial charge is 0.393 e. The second-order valence-corrected chi connectivity index (χ2v) is 5.08. The van der Waals surface area contributed by atoms with Crippen molar-refractivity contribution in [1.82, 2.24) is 9.78 Å². The molecular weight excluding hydrogens is 200 g/mol. The van der Waals surface area contributed by atoms with E-state index >= 15 is 0 Å². The number of aliphatic hydroxyl groups excluding tert-OH is 1. The van der Waals surface area contributed by atoms with Crippen molar-refractivity contribution in [2.75, 3.05) is 0 Å². The number of hydrogen-bond acceptors (Lipinski definition) is 2. The van der Waals surface area contributed by atoms with Crippen molar-refractivity contribution in [3.8, 4) is 0 Å². The zero-order valence-electron chi connectivity index (χ0n) is 10.3. The van der Waals surface area contributed by atoms with Crippen LogP contribution < -0.4 is 0 Å². The molecule has 3 heteroatoms. The Morgan fingerprint density at radius 2 is 2.31 bits per heavy atom. The summed E-state index contributed by atoms with van der Waals surface area (Å²) in [6.45, 7) is 4.32. The molecule has 1 fully saturated rings. The summed E-state index contributed by atoms with van der Waals surface area (Å²) in [5.74, 6) is 0.784. The summed E-state index contributed by atoms with van der Waals surface area (Å²) in [5.41, 5.74) is 1.02. The lowest BCUT2D eigenvalue weighted by atomic mass is 10.1. The highest BCUT2D eigenvalue weighted by atomic mass is 16.3. The van der Waals surface area contributed by atoms with Crippen molar-refractivity contribution in [3.63, 3.8) is 0 Å². The Bertz CT molecular complexity index is 330. The van der Waals surface area contributed by atoms with Crippen molar-refractivity contribution >= 4 is 0 Å². The molecule has 0 radical (unpaired) electrons. The summed E-state index contributed by atoms with van der Waals surface area (Å²) in [5, 5.41) is 14.4. The van der Waals surface area contributed by atoms with Crippen LogP contribution in [0, 0.1) is 5.92 Å². The number of nitrogens with zero attached hydrogens (tertiary/aromatic N) is 2. The highest BCUT2D eigenvalue weighted by molar-refractivity contribution is 5.01. The van der Waals surface area contributed by atoms with Crippen molar-refractivity contribution in [1.29, 1.82) is 0 Å². The zero-order chi connectivity index (χ0) is 11.5. The fraction of sp³-hybridized carbons (Fsp3) is 0.769. The minimum Gasteiger partial charge on any atom is -0.393 e. The molecule has 0 bridgehead atoms. The second-order valence-electron chi connectivity index (χ2n) is 5.08. The van der Waals surface area contributed by atoms with Crippen LogP contribution in [0.2, 0.25) is 0 Å². The first kappa shape index (κ1) is 11.6. The third-order valence-corrected chi connectivity index (χ3v) is 3.45. The van der Waals surface area contributed by atoms with Gasteiger partial charge in [-0.15, -0.1) is 0 Å². The van der Waals surface area contributed by atoms with E-state index in [-0.39, 0.29) is 6.10 Å².